The molecule has 4 nitrogen and oxygen atoms in total. The van der Waals surface area contributed by atoms with E-state index in [2.05, 4.69) is 41.7 Å². The Kier molecular flexibility index (Phi) is 4.31. The maximum Gasteiger partial charge on any atom is 0.210 e. The maximum atomic E-state index is 5.39. The quantitative estimate of drug-likeness (QED) is 0.309. The van der Waals surface area contributed by atoms with E-state index in [1.807, 2.05) is 19.9 Å². The number of nitrogens with two attached hydrogens (primary N) is 1. The van der Waals surface area contributed by atoms with Crippen LogP contribution in [0.2, 0.25) is 0 Å². The highest BCUT2D eigenvalue weighted by Gasteiger charge is 2.00. The molecule has 0 aromatic heterocycles. The molecule has 0 atom stereocenters. The zero-order valence-corrected chi connectivity index (χ0v) is 10.3. The smallest absolute Gasteiger partial charge is 0.210 e. The fourth-order valence-corrected chi connectivity index (χ4v) is 1.32. The lowest BCUT2D eigenvalue weighted by Crippen LogP contribution is -2.37. The van der Waals surface area contributed by atoms with E-state index in [1.54, 1.807) is 0 Å². The molecule has 16 heavy (non-hydrogen) atoms. The van der Waals surface area contributed by atoms with Crippen LogP contribution in [0.5, 0.6) is 0 Å². The molecular weight excluding hydrogens is 200 g/mol. The van der Waals surface area contributed by atoms with Gasteiger partial charge >= 0.3 is 0 Å². The molecule has 0 saturated carbocycles. The van der Waals surface area contributed by atoms with Crippen molar-refractivity contribution in [1.29, 1.82) is 0 Å². The Bertz CT molecular complexity index is 383. The van der Waals surface area contributed by atoms with Crippen molar-refractivity contribution in [2.24, 2.45) is 10.8 Å². The van der Waals surface area contributed by atoms with Crippen LogP contribution in [0.1, 0.15) is 25.0 Å². The molecule has 0 aliphatic rings. The first kappa shape index (κ1) is 12.5. The number of nitrogens with one attached hydrogen (secondary N) is 2. The van der Waals surface area contributed by atoms with Gasteiger partial charge in [0, 0.05) is 11.7 Å². The Hall–Kier alpha value is -1.55. The molecule has 0 aliphatic heterocycles. The monoisotopic (exact) mass is 220 g/mol. The number of nitrogens with zero attached hydrogens (tertiary/aromatic N) is 1. The van der Waals surface area contributed by atoms with Crippen LogP contribution in [-0.4, -0.2) is 12.0 Å². The molecule has 1 aromatic carbocycles. The Morgan fingerprint density at radius 1 is 1.25 bits per heavy atom. The topological polar surface area (TPSA) is 62.4 Å². The van der Waals surface area contributed by atoms with Gasteiger partial charge in [0.15, 0.2) is 0 Å². The number of hydrazine groups is 1. The minimum absolute atomic E-state index is 0.199. The second-order valence-electron chi connectivity index (χ2n) is 4.14. The number of anilines is 1. The van der Waals surface area contributed by atoms with E-state index in [9.17, 15) is 0 Å². The summed E-state index contributed by atoms with van der Waals surface area (Å²) >= 11 is 0. The summed E-state index contributed by atoms with van der Waals surface area (Å²) in [5.74, 6) is 5.98. The highest BCUT2D eigenvalue weighted by molar-refractivity contribution is 5.93. The lowest BCUT2D eigenvalue weighted by Gasteiger charge is -2.11. The fraction of sp³-hybridized carbons (Fsp3) is 0.417. The highest BCUT2D eigenvalue weighted by atomic mass is 15.3. The number of hydrogen-bond acceptors (Lipinski definition) is 2. The maximum absolute atomic E-state index is 5.39. The highest BCUT2D eigenvalue weighted by Crippen LogP contribution is 2.13. The summed E-state index contributed by atoms with van der Waals surface area (Å²) in [5.41, 5.74) is 6.05. The van der Waals surface area contributed by atoms with Crippen LogP contribution < -0.4 is 16.6 Å². The van der Waals surface area contributed by atoms with E-state index < -0.39 is 0 Å². The van der Waals surface area contributed by atoms with Gasteiger partial charge in [-0.3, -0.25) is 5.43 Å². The standard InChI is InChI=1S/C12H20N4/c1-8(2)14-12(16-13)15-11-6-5-9(3)10(4)7-11/h5-8H,13H2,1-4H3,(H2,14,15,16). The molecular formula is C12H20N4. The van der Waals surface area contributed by atoms with Gasteiger partial charge in [-0.05, 0) is 51.0 Å². The molecule has 4 heteroatoms. The minimum Gasteiger partial charge on any atom is -0.325 e. The van der Waals surface area contributed by atoms with Crippen molar-refractivity contribution in [3.05, 3.63) is 29.3 Å². The van der Waals surface area contributed by atoms with E-state index in [4.69, 9.17) is 5.84 Å². The van der Waals surface area contributed by atoms with Crippen LogP contribution in [0.25, 0.3) is 0 Å². The molecule has 1 rings (SSSR count). The van der Waals surface area contributed by atoms with Crippen LogP contribution in [-0.2, 0) is 0 Å². The zero-order chi connectivity index (χ0) is 12.1. The number of rotatable bonds is 2. The van der Waals surface area contributed by atoms with Crippen molar-refractivity contribution in [2.75, 3.05) is 5.32 Å². The average molecular weight is 220 g/mol. The summed E-state index contributed by atoms with van der Waals surface area (Å²) in [7, 11) is 0. The first-order valence-corrected chi connectivity index (χ1v) is 5.41. The Morgan fingerprint density at radius 2 is 1.94 bits per heavy atom. The van der Waals surface area contributed by atoms with Gasteiger partial charge in [0.2, 0.25) is 5.96 Å². The van der Waals surface area contributed by atoms with Gasteiger partial charge in [-0.2, -0.15) is 0 Å². The molecule has 0 saturated heterocycles. The largest absolute Gasteiger partial charge is 0.325 e. The van der Waals surface area contributed by atoms with Gasteiger partial charge in [0.25, 0.3) is 0 Å². The van der Waals surface area contributed by atoms with Crippen molar-refractivity contribution >= 4 is 11.6 Å². The summed E-state index contributed by atoms with van der Waals surface area (Å²) in [6.45, 7) is 8.16. The van der Waals surface area contributed by atoms with E-state index >= 15 is 0 Å². The van der Waals surface area contributed by atoms with Crippen molar-refractivity contribution in [3.8, 4) is 0 Å². The van der Waals surface area contributed by atoms with Gasteiger partial charge in [-0.25, -0.2) is 10.8 Å². The number of aliphatic imine (C=N–C) groups is 1. The van der Waals surface area contributed by atoms with Crippen LogP contribution in [0, 0.1) is 13.8 Å². The third-order valence-corrected chi connectivity index (χ3v) is 2.29. The lowest BCUT2D eigenvalue weighted by molar-refractivity contribution is 0.819. The van der Waals surface area contributed by atoms with Crippen molar-refractivity contribution in [1.82, 2.24) is 5.43 Å². The normalized spacial score (nSPS) is 11.8. The third-order valence-electron chi connectivity index (χ3n) is 2.29. The predicted octanol–water partition coefficient (Wildman–Crippen LogP) is 1.94. The molecule has 0 spiro atoms. The molecule has 0 aliphatic carbocycles. The summed E-state index contributed by atoms with van der Waals surface area (Å²) in [4.78, 5) is 4.31. The fourth-order valence-electron chi connectivity index (χ4n) is 1.32. The number of hydrogen-bond donors (Lipinski definition) is 3. The first-order valence-electron chi connectivity index (χ1n) is 5.41. The van der Waals surface area contributed by atoms with E-state index in [0.717, 1.165) is 5.69 Å². The van der Waals surface area contributed by atoms with Crippen LogP contribution in [0.3, 0.4) is 0 Å². The summed E-state index contributed by atoms with van der Waals surface area (Å²) in [5, 5.41) is 3.14. The Balaban J connectivity index is 2.82. The Morgan fingerprint density at radius 3 is 2.44 bits per heavy atom. The second kappa shape index (κ2) is 5.51. The van der Waals surface area contributed by atoms with Gasteiger partial charge in [-0.1, -0.05) is 6.07 Å². The molecule has 1 aromatic rings. The lowest BCUT2D eigenvalue weighted by atomic mass is 10.1. The second-order valence-corrected chi connectivity index (χ2v) is 4.14. The van der Waals surface area contributed by atoms with E-state index in [-0.39, 0.29) is 6.04 Å². The van der Waals surface area contributed by atoms with Crippen molar-refractivity contribution in [3.63, 3.8) is 0 Å². The SMILES string of the molecule is Cc1ccc(NC(=NC(C)C)NN)cc1C. The van der Waals surface area contributed by atoms with Gasteiger partial charge in [0.05, 0.1) is 0 Å². The minimum atomic E-state index is 0.199. The molecule has 0 bridgehead atoms. The number of benzene rings is 1. The molecule has 4 N–H and O–H groups in total. The number of guanidine groups is 1. The molecule has 88 valence electrons. The Labute approximate surface area is 96.9 Å². The molecule has 0 amide bonds. The van der Waals surface area contributed by atoms with Gasteiger partial charge in [-0.15, -0.1) is 0 Å². The molecule has 0 heterocycles. The van der Waals surface area contributed by atoms with Crippen molar-refractivity contribution in [2.45, 2.75) is 33.7 Å². The first-order chi connectivity index (χ1) is 7.52. The summed E-state index contributed by atoms with van der Waals surface area (Å²) in [6.07, 6.45) is 0. The third kappa shape index (κ3) is 3.55. The molecule has 0 fully saturated rings. The summed E-state index contributed by atoms with van der Waals surface area (Å²) in [6, 6.07) is 6.35. The van der Waals surface area contributed by atoms with Gasteiger partial charge in [0.1, 0.15) is 0 Å². The van der Waals surface area contributed by atoms with Crippen LogP contribution in [0.15, 0.2) is 23.2 Å². The van der Waals surface area contributed by atoms with E-state index in [0.29, 0.717) is 5.96 Å². The zero-order valence-electron chi connectivity index (χ0n) is 10.3. The van der Waals surface area contributed by atoms with Crippen LogP contribution >= 0.6 is 0 Å². The van der Waals surface area contributed by atoms with Crippen molar-refractivity contribution < 1.29 is 0 Å². The number of aryl methyl sites for hydroxylation is 2. The molecule has 0 radical (unpaired) electrons. The predicted molar refractivity (Wildman–Crippen MR) is 69.4 cm³/mol. The van der Waals surface area contributed by atoms with E-state index in [1.165, 1.54) is 11.1 Å². The van der Waals surface area contributed by atoms with Crippen LogP contribution in [0.4, 0.5) is 5.69 Å². The summed E-state index contributed by atoms with van der Waals surface area (Å²) < 4.78 is 0. The van der Waals surface area contributed by atoms with Gasteiger partial charge < -0.3 is 5.32 Å². The average Bonchev–Trinajstić information content (AvgIpc) is 2.22. The molecule has 0 unspecified atom stereocenters.